The molecule has 1 aliphatic rings. The van der Waals surface area contributed by atoms with Gasteiger partial charge in [-0.25, -0.2) is 9.80 Å². The van der Waals surface area contributed by atoms with E-state index >= 15 is 0 Å². The van der Waals surface area contributed by atoms with Crippen LogP contribution in [-0.4, -0.2) is 36.5 Å². The van der Waals surface area contributed by atoms with Crippen LogP contribution in [-0.2, 0) is 14.3 Å². The van der Waals surface area contributed by atoms with Crippen molar-refractivity contribution >= 4 is 29.4 Å². The van der Waals surface area contributed by atoms with Crippen molar-refractivity contribution in [2.45, 2.75) is 26.9 Å². The van der Waals surface area contributed by atoms with Crippen LogP contribution >= 0.6 is 0 Å². The number of anilines is 1. The Morgan fingerprint density at radius 3 is 2.52 bits per heavy atom. The fourth-order valence-corrected chi connectivity index (χ4v) is 1.84. The molecule has 1 aromatic carbocycles. The van der Waals surface area contributed by atoms with Crippen LogP contribution in [0.3, 0.4) is 0 Å². The second kappa shape index (κ2) is 6.30. The predicted octanol–water partition coefficient (Wildman–Crippen LogP) is 1.72. The van der Waals surface area contributed by atoms with E-state index in [9.17, 15) is 9.59 Å². The van der Waals surface area contributed by atoms with Crippen LogP contribution in [0.4, 0.5) is 5.69 Å². The van der Waals surface area contributed by atoms with Gasteiger partial charge in [0.2, 0.25) is 6.17 Å². The highest BCUT2D eigenvalue weighted by atomic mass is 16.5. The molecule has 0 spiro atoms. The van der Waals surface area contributed by atoms with E-state index in [1.165, 1.54) is 18.1 Å². The zero-order chi connectivity index (χ0) is 15.4. The van der Waals surface area contributed by atoms with Crippen molar-refractivity contribution in [2.24, 2.45) is 10.1 Å². The third kappa shape index (κ3) is 3.34. The number of esters is 1. The molecule has 6 heteroatoms. The summed E-state index contributed by atoms with van der Waals surface area (Å²) in [7, 11) is 0. The average molecular weight is 287 g/mol. The summed E-state index contributed by atoms with van der Waals surface area (Å²) in [5, 5.41) is 5.63. The average Bonchev–Trinajstić information content (AvgIpc) is 2.47. The molecular formula is C15H17N3O3. The first-order valence-electron chi connectivity index (χ1n) is 6.68. The SMILES string of the molecule is CCOC(=O)C1N=CC(C(C)=O)=NN1c1ccc(C)cc1. The molecule has 21 heavy (non-hydrogen) atoms. The largest absolute Gasteiger partial charge is 0.463 e. The minimum absolute atomic E-state index is 0.205. The molecule has 0 amide bonds. The molecule has 110 valence electrons. The van der Waals surface area contributed by atoms with Crippen LogP contribution in [0.2, 0.25) is 0 Å². The van der Waals surface area contributed by atoms with Gasteiger partial charge < -0.3 is 4.74 Å². The van der Waals surface area contributed by atoms with E-state index in [4.69, 9.17) is 4.74 Å². The molecule has 1 heterocycles. The molecule has 6 nitrogen and oxygen atoms in total. The fourth-order valence-electron chi connectivity index (χ4n) is 1.84. The number of carbonyl (C=O) groups excluding carboxylic acids is 2. The molecule has 0 radical (unpaired) electrons. The van der Waals surface area contributed by atoms with Gasteiger partial charge >= 0.3 is 5.97 Å². The third-order valence-corrected chi connectivity index (χ3v) is 2.94. The van der Waals surface area contributed by atoms with Gasteiger partial charge in [-0.3, -0.25) is 9.79 Å². The molecule has 0 aliphatic carbocycles. The monoisotopic (exact) mass is 287 g/mol. The van der Waals surface area contributed by atoms with Gasteiger partial charge in [0, 0.05) is 6.92 Å². The van der Waals surface area contributed by atoms with E-state index < -0.39 is 12.1 Å². The molecule has 0 saturated heterocycles. The molecule has 0 fully saturated rings. The first-order chi connectivity index (χ1) is 10.0. The highest BCUT2D eigenvalue weighted by molar-refractivity contribution is 6.61. The summed E-state index contributed by atoms with van der Waals surface area (Å²) in [6.45, 7) is 5.36. The lowest BCUT2D eigenvalue weighted by Crippen LogP contribution is -2.42. The van der Waals surface area contributed by atoms with E-state index in [1.54, 1.807) is 6.92 Å². The normalized spacial score (nSPS) is 17.4. The molecule has 0 aromatic heterocycles. The van der Waals surface area contributed by atoms with Crippen molar-refractivity contribution in [2.75, 3.05) is 11.6 Å². The van der Waals surface area contributed by atoms with Gasteiger partial charge in [-0.15, -0.1) is 0 Å². The number of benzene rings is 1. The Balaban J connectivity index is 2.38. The number of hydrazone groups is 1. The molecule has 2 rings (SSSR count). The van der Waals surface area contributed by atoms with Gasteiger partial charge in [-0.1, -0.05) is 17.7 Å². The second-order valence-corrected chi connectivity index (χ2v) is 4.63. The van der Waals surface area contributed by atoms with Crippen molar-refractivity contribution in [3.05, 3.63) is 29.8 Å². The van der Waals surface area contributed by atoms with Crippen LogP contribution in [0.25, 0.3) is 0 Å². The molecule has 1 atom stereocenters. The Hall–Kier alpha value is -2.50. The van der Waals surface area contributed by atoms with E-state index in [0.717, 1.165) is 5.56 Å². The number of ketones is 1. The van der Waals surface area contributed by atoms with Crippen molar-refractivity contribution < 1.29 is 14.3 Å². The maximum absolute atomic E-state index is 12.0. The Kier molecular flexibility index (Phi) is 4.47. The number of hydrogen-bond donors (Lipinski definition) is 0. The van der Waals surface area contributed by atoms with Crippen LogP contribution in [0.15, 0.2) is 34.4 Å². The summed E-state index contributed by atoms with van der Waals surface area (Å²) in [4.78, 5) is 27.6. The Morgan fingerprint density at radius 2 is 1.95 bits per heavy atom. The van der Waals surface area contributed by atoms with Crippen LogP contribution < -0.4 is 5.01 Å². The Bertz CT molecular complexity index is 605. The summed E-state index contributed by atoms with van der Waals surface area (Å²) in [6.07, 6.45) is 0.407. The number of carbonyl (C=O) groups is 2. The molecular weight excluding hydrogens is 270 g/mol. The number of ether oxygens (including phenoxy) is 1. The second-order valence-electron chi connectivity index (χ2n) is 4.63. The predicted molar refractivity (Wildman–Crippen MR) is 80.7 cm³/mol. The quantitative estimate of drug-likeness (QED) is 0.790. The number of rotatable bonds is 4. The van der Waals surface area contributed by atoms with Crippen molar-refractivity contribution in [3.8, 4) is 0 Å². The standard InChI is InChI=1S/C15H17N3O3/c1-4-21-15(20)14-16-9-13(11(3)19)17-18(14)12-7-5-10(2)6-8-12/h5-9,14H,4H2,1-3H3. The zero-order valence-corrected chi connectivity index (χ0v) is 12.2. The van der Waals surface area contributed by atoms with Gasteiger partial charge in [0.1, 0.15) is 5.71 Å². The molecule has 0 saturated carbocycles. The number of nitrogens with zero attached hydrogens (tertiary/aromatic N) is 3. The van der Waals surface area contributed by atoms with Crippen molar-refractivity contribution in [3.63, 3.8) is 0 Å². The summed E-state index contributed by atoms with van der Waals surface area (Å²) >= 11 is 0. The van der Waals surface area contributed by atoms with Gasteiger partial charge in [-0.2, -0.15) is 5.10 Å². The van der Waals surface area contributed by atoms with Gasteiger partial charge in [-0.05, 0) is 26.0 Å². The lowest BCUT2D eigenvalue weighted by Gasteiger charge is -2.27. The number of Topliss-reactive ketones (excluding diaryl/α,β-unsaturated/α-hetero) is 1. The minimum Gasteiger partial charge on any atom is -0.463 e. The third-order valence-electron chi connectivity index (χ3n) is 2.94. The summed E-state index contributed by atoms with van der Waals surface area (Å²) in [5.74, 6) is -0.709. The molecule has 1 aromatic rings. The van der Waals surface area contributed by atoms with Gasteiger partial charge in [0.25, 0.3) is 0 Å². The van der Waals surface area contributed by atoms with Crippen LogP contribution in [0.1, 0.15) is 19.4 Å². The van der Waals surface area contributed by atoms with E-state index in [-0.39, 0.29) is 18.1 Å². The molecule has 0 bridgehead atoms. The highest BCUT2D eigenvalue weighted by Crippen LogP contribution is 2.21. The summed E-state index contributed by atoms with van der Waals surface area (Å²) < 4.78 is 5.00. The molecule has 0 N–H and O–H groups in total. The number of hydrogen-bond acceptors (Lipinski definition) is 6. The number of aryl methyl sites for hydroxylation is 1. The number of aliphatic imine (C=N–C) groups is 1. The minimum atomic E-state index is -0.907. The lowest BCUT2D eigenvalue weighted by molar-refractivity contribution is -0.144. The Labute approximate surface area is 123 Å². The van der Waals surface area contributed by atoms with E-state index in [0.29, 0.717) is 5.69 Å². The Morgan fingerprint density at radius 1 is 1.29 bits per heavy atom. The summed E-state index contributed by atoms with van der Waals surface area (Å²) in [5.41, 5.74) is 1.97. The maximum Gasteiger partial charge on any atom is 0.353 e. The smallest absolute Gasteiger partial charge is 0.353 e. The fraction of sp³-hybridized carbons (Fsp3) is 0.333. The van der Waals surface area contributed by atoms with Crippen molar-refractivity contribution in [1.82, 2.24) is 0 Å². The first kappa shape index (κ1) is 14.9. The maximum atomic E-state index is 12.0. The van der Waals surface area contributed by atoms with Gasteiger partial charge in [0.15, 0.2) is 5.78 Å². The van der Waals surface area contributed by atoms with Crippen LogP contribution in [0.5, 0.6) is 0 Å². The highest BCUT2D eigenvalue weighted by Gasteiger charge is 2.30. The van der Waals surface area contributed by atoms with E-state index in [2.05, 4.69) is 10.1 Å². The first-order valence-corrected chi connectivity index (χ1v) is 6.68. The van der Waals surface area contributed by atoms with Gasteiger partial charge in [0.05, 0.1) is 18.5 Å². The van der Waals surface area contributed by atoms with Crippen molar-refractivity contribution in [1.29, 1.82) is 0 Å². The van der Waals surface area contributed by atoms with Crippen LogP contribution in [0, 0.1) is 6.92 Å². The summed E-state index contributed by atoms with van der Waals surface area (Å²) in [6, 6.07) is 7.45. The molecule has 1 unspecified atom stereocenters. The lowest BCUT2D eigenvalue weighted by atomic mass is 10.2. The molecule has 1 aliphatic heterocycles. The zero-order valence-electron chi connectivity index (χ0n) is 12.2. The van der Waals surface area contributed by atoms with E-state index in [1.807, 2.05) is 31.2 Å². The topological polar surface area (TPSA) is 71.3 Å².